The minimum absolute atomic E-state index is 0.102. The van der Waals surface area contributed by atoms with Gasteiger partial charge in [-0.25, -0.2) is 9.97 Å². The van der Waals surface area contributed by atoms with E-state index < -0.39 is 0 Å². The first kappa shape index (κ1) is 18.1. The van der Waals surface area contributed by atoms with Crippen LogP contribution in [0.2, 0.25) is 0 Å². The first-order valence-corrected chi connectivity index (χ1v) is 9.64. The summed E-state index contributed by atoms with van der Waals surface area (Å²) in [5.41, 5.74) is 11.6. The van der Waals surface area contributed by atoms with E-state index in [-0.39, 0.29) is 17.6 Å². The second-order valence-corrected chi connectivity index (χ2v) is 7.22. The van der Waals surface area contributed by atoms with Gasteiger partial charge in [0, 0.05) is 11.4 Å². The quantitative estimate of drug-likeness (QED) is 0.323. The number of unbranched alkanes of at least 4 members (excludes halogenated alkanes) is 1. The number of thiazole rings is 2. The lowest BCUT2D eigenvalue weighted by Gasteiger charge is -2.04. The zero-order valence-corrected chi connectivity index (χ0v) is 15.7. The number of nitrogens with zero attached hydrogens (tertiary/aromatic N) is 3. The summed E-state index contributed by atoms with van der Waals surface area (Å²) in [6.45, 7) is 2.79. The Morgan fingerprint density at radius 3 is 2.96 bits per heavy atom. The van der Waals surface area contributed by atoms with Gasteiger partial charge in [0.15, 0.2) is 11.1 Å². The number of carbonyl (C=O) groups excluding carboxylic acids is 1. The summed E-state index contributed by atoms with van der Waals surface area (Å²) in [4.78, 5) is 24.6. The molecule has 0 unspecified atom stereocenters. The van der Waals surface area contributed by atoms with Crippen LogP contribution in [0.15, 0.2) is 28.6 Å². The molecule has 2 heterocycles. The van der Waals surface area contributed by atoms with Gasteiger partial charge in [0.05, 0.1) is 16.8 Å². The van der Waals surface area contributed by atoms with Crippen LogP contribution in [-0.2, 0) is 0 Å². The maximum atomic E-state index is 12.3. The van der Waals surface area contributed by atoms with Gasteiger partial charge in [-0.1, -0.05) is 24.7 Å². The second-order valence-electron chi connectivity index (χ2n) is 5.36. The third-order valence-electron chi connectivity index (χ3n) is 3.30. The number of aliphatic imine (C=N–C) groups is 1. The van der Waals surface area contributed by atoms with E-state index in [1.807, 2.05) is 18.2 Å². The lowest BCUT2D eigenvalue weighted by atomic mass is 10.3. The Morgan fingerprint density at radius 1 is 1.35 bits per heavy atom. The molecule has 136 valence electrons. The average Bonchev–Trinajstić information content (AvgIpc) is 3.20. The standard InChI is InChI=1S/C16H18N6O2S2/c1-2-3-6-24-9-4-5-12-10(7-9)19-16(26-12)21-13(23)11-8-25-15(20-11)22-14(17)18/h4-5,7-8H,2-3,6H2,1H3,(H,19,21,23)(H4,17,18,20,22). The number of ether oxygens (including phenoxy) is 1. The number of rotatable bonds is 7. The lowest BCUT2D eigenvalue weighted by Crippen LogP contribution is -2.21. The number of amides is 1. The van der Waals surface area contributed by atoms with Crippen molar-refractivity contribution < 1.29 is 9.53 Å². The van der Waals surface area contributed by atoms with Crippen molar-refractivity contribution in [1.82, 2.24) is 9.97 Å². The molecule has 0 aliphatic heterocycles. The van der Waals surface area contributed by atoms with Gasteiger partial charge in [0.1, 0.15) is 11.4 Å². The Balaban J connectivity index is 1.71. The summed E-state index contributed by atoms with van der Waals surface area (Å²) in [5, 5.41) is 5.15. The molecule has 0 aliphatic carbocycles. The highest BCUT2D eigenvalue weighted by molar-refractivity contribution is 7.22. The van der Waals surface area contributed by atoms with E-state index in [1.54, 1.807) is 5.38 Å². The zero-order valence-electron chi connectivity index (χ0n) is 14.1. The molecule has 1 aromatic carbocycles. The van der Waals surface area contributed by atoms with Crippen molar-refractivity contribution in [1.29, 1.82) is 0 Å². The van der Waals surface area contributed by atoms with Crippen molar-refractivity contribution in [2.45, 2.75) is 19.8 Å². The minimum Gasteiger partial charge on any atom is -0.494 e. The van der Waals surface area contributed by atoms with Gasteiger partial charge in [-0.15, -0.1) is 11.3 Å². The first-order valence-electron chi connectivity index (χ1n) is 7.95. The molecule has 0 aliphatic rings. The smallest absolute Gasteiger partial charge is 0.276 e. The molecule has 3 rings (SSSR count). The van der Waals surface area contributed by atoms with Gasteiger partial charge < -0.3 is 16.2 Å². The number of guanidine groups is 1. The molecule has 0 radical (unpaired) electrons. The van der Waals surface area contributed by atoms with Crippen LogP contribution in [0, 0.1) is 0 Å². The van der Waals surface area contributed by atoms with Crippen LogP contribution in [0.1, 0.15) is 30.3 Å². The number of benzene rings is 1. The van der Waals surface area contributed by atoms with Crippen LogP contribution in [0.25, 0.3) is 10.2 Å². The monoisotopic (exact) mass is 390 g/mol. The average molecular weight is 390 g/mol. The number of nitrogens with one attached hydrogen (secondary N) is 1. The van der Waals surface area contributed by atoms with Crippen LogP contribution >= 0.6 is 22.7 Å². The van der Waals surface area contributed by atoms with Gasteiger partial charge in [-0.2, -0.15) is 4.99 Å². The number of anilines is 1. The molecule has 0 saturated carbocycles. The van der Waals surface area contributed by atoms with Gasteiger partial charge in [0.25, 0.3) is 5.91 Å². The topological polar surface area (TPSA) is 129 Å². The number of nitrogens with two attached hydrogens (primary N) is 2. The Labute approximate surface area is 157 Å². The van der Waals surface area contributed by atoms with Crippen molar-refractivity contribution in [2.75, 3.05) is 11.9 Å². The van der Waals surface area contributed by atoms with Crippen molar-refractivity contribution in [3.63, 3.8) is 0 Å². The number of hydrogen-bond donors (Lipinski definition) is 3. The predicted molar refractivity (Wildman–Crippen MR) is 106 cm³/mol. The maximum absolute atomic E-state index is 12.3. The van der Waals surface area contributed by atoms with Gasteiger partial charge in [-0.3, -0.25) is 10.1 Å². The van der Waals surface area contributed by atoms with Crippen LogP contribution in [0.4, 0.5) is 10.3 Å². The molecular formula is C16H18N6O2S2. The lowest BCUT2D eigenvalue weighted by molar-refractivity contribution is 0.102. The van der Waals surface area contributed by atoms with E-state index in [1.165, 1.54) is 22.7 Å². The molecule has 0 atom stereocenters. The first-order chi connectivity index (χ1) is 12.5. The van der Waals surface area contributed by atoms with Crippen LogP contribution in [0.3, 0.4) is 0 Å². The molecule has 0 saturated heterocycles. The highest BCUT2D eigenvalue weighted by Crippen LogP contribution is 2.29. The molecule has 26 heavy (non-hydrogen) atoms. The number of carbonyl (C=O) groups is 1. The Morgan fingerprint density at radius 2 is 2.19 bits per heavy atom. The SMILES string of the molecule is CCCCOc1ccc2sc(NC(=O)c3csc(N=C(N)N)n3)nc2c1. The Hall–Kier alpha value is -2.72. The Kier molecular flexibility index (Phi) is 5.64. The third kappa shape index (κ3) is 4.46. The molecule has 3 aromatic rings. The number of hydrogen-bond acceptors (Lipinski definition) is 7. The molecule has 8 nitrogen and oxygen atoms in total. The normalized spacial score (nSPS) is 10.7. The molecule has 0 fully saturated rings. The summed E-state index contributed by atoms with van der Waals surface area (Å²) in [6.07, 6.45) is 2.09. The second kappa shape index (κ2) is 8.11. The third-order valence-corrected chi connectivity index (χ3v) is 4.98. The van der Waals surface area contributed by atoms with Gasteiger partial charge >= 0.3 is 0 Å². The summed E-state index contributed by atoms with van der Waals surface area (Å²) >= 11 is 2.56. The molecular weight excluding hydrogens is 372 g/mol. The van der Waals surface area contributed by atoms with Crippen LogP contribution in [0.5, 0.6) is 5.75 Å². The molecule has 0 bridgehead atoms. The minimum atomic E-state index is -0.364. The van der Waals surface area contributed by atoms with E-state index in [0.29, 0.717) is 16.9 Å². The highest BCUT2D eigenvalue weighted by atomic mass is 32.1. The summed E-state index contributed by atoms with van der Waals surface area (Å²) in [5.74, 6) is 0.307. The van der Waals surface area contributed by atoms with E-state index in [4.69, 9.17) is 16.2 Å². The molecule has 5 N–H and O–H groups in total. The van der Waals surface area contributed by atoms with Gasteiger partial charge in [-0.05, 0) is 18.6 Å². The molecule has 10 heteroatoms. The van der Waals surface area contributed by atoms with E-state index >= 15 is 0 Å². The number of aromatic nitrogens is 2. The fourth-order valence-corrected chi connectivity index (χ4v) is 3.60. The van der Waals surface area contributed by atoms with Crippen LogP contribution in [-0.4, -0.2) is 28.4 Å². The summed E-state index contributed by atoms with van der Waals surface area (Å²) in [7, 11) is 0. The summed E-state index contributed by atoms with van der Waals surface area (Å²) < 4.78 is 6.65. The molecule has 1 amide bonds. The van der Waals surface area contributed by atoms with E-state index in [9.17, 15) is 4.79 Å². The Bertz CT molecular complexity index is 945. The molecule has 0 spiro atoms. The van der Waals surface area contributed by atoms with Crippen molar-refractivity contribution in [3.8, 4) is 5.75 Å². The van der Waals surface area contributed by atoms with Crippen molar-refractivity contribution >= 4 is 55.0 Å². The molecule has 2 aromatic heterocycles. The fraction of sp³-hybridized carbons (Fsp3) is 0.250. The van der Waals surface area contributed by atoms with Crippen molar-refractivity contribution in [3.05, 3.63) is 29.3 Å². The van der Waals surface area contributed by atoms with E-state index in [2.05, 4.69) is 27.2 Å². The fourth-order valence-electron chi connectivity index (χ4n) is 2.08. The van der Waals surface area contributed by atoms with E-state index in [0.717, 1.165) is 28.8 Å². The maximum Gasteiger partial charge on any atom is 0.276 e. The number of fused-ring (bicyclic) bond motifs is 1. The van der Waals surface area contributed by atoms with Crippen LogP contribution < -0.4 is 21.5 Å². The summed E-state index contributed by atoms with van der Waals surface area (Å²) in [6, 6.07) is 5.71. The van der Waals surface area contributed by atoms with Gasteiger partial charge in [0.2, 0.25) is 5.13 Å². The predicted octanol–water partition coefficient (Wildman–Crippen LogP) is 3.09. The largest absolute Gasteiger partial charge is 0.494 e. The van der Waals surface area contributed by atoms with Crippen molar-refractivity contribution in [2.24, 2.45) is 16.5 Å². The highest BCUT2D eigenvalue weighted by Gasteiger charge is 2.14. The zero-order chi connectivity index (χ0) is 18.5.